The SMILES string of the molecule is CCOc1nc(C2CC2)nc(NC2CCCCC2)c1N. The number of nitrogens with zero attached hydrogens (tertiary/aromatic N) is 2. The molecule has 5 nitrogen and oxygen atoms in total. The van der Waals surface area contributed by atoms with Crippen LogP contribution in [0.5, 0.6) is 5.88 Å². The molecule has 3 N–H and O–H groups in total. The maximum absolute atomic E-state index is 6.16. The summed E-state index contributed by atoms with van der Waals surface area (Å²) in [6, 6.07) is 0.488. The zero-order valence-electron chi connectivity index (χ0n) is 12.2. The van der Waals surface area contributed by atoms with Crippen molar-refractivity contribution in [2.24, 2.45) is 0 Å². The highest BCUT2D eigenvalue weighted by atomic mass is 16.5. The molecule has 110 valence electrons. The summed E-state index contributed by atoms with van der Waals surface area (Å²) in [4.78, 5) is 9.12. The lowest BCUT2D eigenvalue weighted by atomic mass is 9.95. The van der Waals surface area contributed by atoms with Gasteiger partial charge in [0.15, 0.2) is 5.82 Å². The van der Waals surface area contributed by atoms with Gasteiger partial charge in [0, 0.05) is 12.0 Å². The summed E-state index contributed by atoms with van der Waals surface area (Å²) < 4.78 is 5.57. The van der Waals surface area contributed by atoms with Crippen LogP contribution < -0.4 is 15.8 Å². The van der Waals surface area contributed by atoms with Crippen molar-refractivity contribution in [3.05, 3.63) is 5.82 Å². The molecule has 2 saturated carbocycles. The molecule has 2 aliphatic carbocycles. The van der Waals surface area contributed by atoms with Gasteiger partial charge in [-0.25, -0.2) is 4.98 Å². The molecule has 2 aliphatic rings. The number of nitrogens with two attached hydrogens (primary N) is 1. The molecular formula is C15H24N4O. The van der Waals surface area contributed by atoms with Crippen molar-refractivity contribution in [2.45, 2.75) is 63.8 Å². The fourth-order valence-corrected chi connectivity index (χ4v) is 2.79. The molecule has 0 saturated heterocycles. The van der Waals surface area contributed by atoms with Gasteiger partial charge in [0.25, 0.3) is 0 Å². The third-order valence-electron chi connectivity index (χ3n) is 4.10. The van der Waals surface area contributed by atoms with Crippen LogP contribution in [0, 0.1) is 0 Å². The van der Waals surface area contributed by atoms with Gasteiger partial charge in [-0.1, -0.05) is 19.3 Å². The quantitative estimate of drug-likeness (QED) is 0.864. The Morgan fingerprint density at radius 2 is 1.90 bits per heavy atom. The molecule has 3 rings (SSSR count). The predicted molar refractivity (Wildman–Crippen MR) is 80.1 cm³/mol. The van der Waals surface area contributed by atoms with E-state index in [1.807, 2.05) is 6.92 Å². The van der Waals surface area contributed by atoms with Gasteiger partial charge < -0.3 is 15.8 Å². The largest absolute Gasteiger partial charge is 0.476 e. The van der Waals surface area contributed by atoms with Crippen LogP contribution in [0.3, 0.4) is 0 Å². The van der Waals surface area contributed by atoms with Crippen molar-refractivity contribution in [2.75, 3.05) is 17.7 Å². The van der Waals surface area contributed by atoms with Crippen LogP contribution in [0.4, 0.5) is 11.5 Å². The molecule has 1 aromatic rings. The Morgan fingerprint density at radius 3 is 2.55 bits per heavy atom. The van der Waals surface area contributed by atoms with Crippen LogP contribution in [0.15, 0.2) is 0 Å². The highest BCUT2D eigenvalue weighted by molar-refractivity contribution is 5.67. The Morgan fingerprint density at radius 1 is 1.15 bits per heavy atom. The van der Waals surface area contributed by atoms with E-state index in [4.69, 9.17) is 10.5 Å². The summed E-state index contributed by atoms with van der Waals surface area (Å²) in [5.41, 5.74) is 6.72. The van der Waals surface area contributed by atoms with Crippen LogP contribution in [-0.2, 0) is 0 Å². The summed E-state index contributed by atoms with van der Waals surface area (Å²) in [6.45, 7) is 2.53. The minimum absolute atomic E-state index is 0.488. The Hall–Kier alpha value is -1.52. The van der Waals surface area contributed by atoms with Crippen molar-refractivity contribution >= 4 is 11.5 Å². The number of hydrogen-bond donors (Lipinski definition) is 2. The number of nitrogen functional groups attached to an aromatic ring is 1. The minimum atomic E-state index is 0.488. The first-order valence-corrected chi connectivity index (χ1v) is 7.84. The first-order chi connectivity index (χ1) is 9.78. The van der Waals surface area contributed by atoms with Crippen molar-refractivity contribution in [3.63, 3.8) is 0 Å². The average molecular weight is 276 g/mol. The molecule has 1 aromatic heterocycles. The monoisotopic (exact) mass is 276 g/mol. The smallest absolute Gasteiger partial charge is 0.242 e. The summed E-state index contributed by atoms with van der Waals surface area (Å²) in [6.07, 6.45) is 8.68. The second-order valence-electron chi connectivity index (χ2n) is 5.84. The summed E-state index contributed by atoms with van der Waals surface area (Å²) >= 11 is 0. The number of aromatic nitrogens is 2. The third-order valence-corrected chi connectivity index (χ3v) is 4.10. The number of anilines is 2. The van der Waals surface area contributed by atoms with E-state index >= 15 is 0 Å². The zero-order valence-corrected chi connectivity index (χ0v) is 12.2. The van der Waals surface area contributed by atoms with Crippen LogP contribution >= 0.6 is 0 Å². The van der Waals surface area contributed by atoms with E-state index in [0.717, 1.165) is 11.6 Å². The van der Waals surface area contributed by atoms with Crippen molar-refractivity contribution in [1.82, 2.24) is 9.97 Å². The van der Waals surface area contributed by atoms with Gasteiger partial charge >= 0.3 is 0 Å². The lowest BCUT2D eigenvalue weighted by Crippen LogP contribution is -2.24. The molecule has 20 heavy (non-hydrogen) atoms. The highest BCUT2D eigenvalue weighted by Crippen LogP contribution is 2.41. The predicted octanol–water partition coefficient (Wildman–Crippen LogP) is 3.08. The molecule has 0 spiro atoms. The van der Waals surface area contributed by atoms with Crippen molar-refractivity contribution in [3.8, 4) is 5.88 Å². The Balaban J connectivity index is 1.82. The van der Waals surface area contributed by atoms with E-state index in [1.165, 1.54) is 44.9 Å². The molecule has 0 unspecified atom stereocenters. The van der Waals surface area contributed by atoms with Gasteiger partial charge in [-0.2, -0.15) is 4.98 Å². The number of nitrogens with one attached hydrogen (secondary N) is 1. The van der Waals surface area contributed by atoms with E-state index in [9.17, 15) is 0 Å². The van der Waals surface area contributed by atoms with Gasteiger partial charge in [-0.15, -0.1) is 0 Å². The van der Waals surface area contributed by atoms with Gasteiger partial charge in [-0.05, 0) is 32.6 Å². The number of hydrogen-bond acceptors (Lipinski definition) is 5. The summed E-state index contributed by atoms with van der Waals surface area (Å²) in [7, 11) is 0. The molecule has 0 atom stereocenters. The molecule has 5 heteroatoms. The van der Waals surface area contributed by atoms with E-state index in [0.29, 0.717) is 30.1 Å². The van der Waals surface area contributed by atoms with Crippen molar-refractivity contribution < 1.29 is 4.74 Å². The second-order valence-corrected chi connectivity index (χ2v) is 5.84. The Labute approximate surface area is 120 Å². The molecule has 0 amide bonds. The van der Waals surface area contributed by atoms with Crippen LogP contribution in [0.25, 0.3) is 0 Å². The second kappa shape index (κ2) is 5.85. The van der Waals surface area contributed by atoms with Crippen molar-refractivity contribution in [1.29, 1.82) is 0 Å². The van der Waals surface area contributed by atoms with E-state index in [-0.39, 0.29) is 0 Å². The normalized spacial score (nSPS) is 19.9. The maximum Gasteiger partial charge on any atom is 0.242 e. The molecule has 2 fully saturated rings. The van der Waals surface area contributed by atoms with Crippen LogP contribution in [0.2, 0.25) is 0 Å². The first-order valence-electron chi connectivity index (χ1n) is 7.84. The highest BCUT2D eigenvalue weighted by Gasteiger charge is 2.29. The third kappa shape index (κ3) is 2.97. The van der Waals surface area contributed by atoms with Gasteiger partial charge in [0.05, 0.1) is 6.61 Å². The van der Waals surface area contributed by atoms with E-state index < -0.39 is 0 Å². The summed E-state index contributed by atoms with van der Waals surface area (Å²) in [5, 5.41) is 3.51. The average Bonchev–Trinajstić information content (AvgIpc) is 3.29. The first kappa shape index (κ1) is 13.5. The number of ether oxygens (including phenoxy) is 1. The maximum atomic E-state index is 6.16. The number of rotatable bonds is 5. The van der Waals surface area contributed by atoms with E-state index in [2.05, 4.69) is 15.3 Å². The van der Waals surface area contributed by atoms with Crippen LogP contribution in [0.1, 0.15) is 63.6 Å². The fraction of sp³-hybridized carbons (Fsp3) is 0.733. The topological polar surface area (TPSA) is 73.1 Å². The molecule has 0 bridgehead atoms. The fourth-order valence-electron chi connectivity index (χ4n) is 2.79. The molecule has 1 heterocycles. The van der Waals surface area contributed by atoms with Gasteiger partial charge in [-0.3, -0.25) is 0 Å². The molecular weight excluding hydrogens is 252 g/mol. The minimum Gasteiger partial charge on any atom is -0.476 e. The Kier molecular flexibility index (Phi) is 3.94. The Bertz CT molecular complexity index is 467. The molecule has 0 aliphatic heterocycles. The van der Waals surface area contributed by atoms with Crippen LogP contribution in [-0.4, -0.2) is 22.6 Å². The molecule has 0 radical (unpaired) electrons. The standard InChI is InChI=1S/C15H24N4O/c1-2-20-15-12(16)14(17-11-6-4-3-5-7-11)18-13(19-15)10-8-9-10/h10-11H,2-9,16H2,1H3,(H,17,18,19). The van der Waals surface area contributed by atoms with Gasteiger partial charge in [0.1, 0.15) is 11.5 Å². The zero-order chi connectivity index (χ0) is 13.9. The lowest BCUT2D eigenvalue weighted by molar-refractivity contribution is 0.327. The lowest BCUT2D eigenvalue weighted by Gasteiger charge is -2.24. The summed E-state index contributed by atoms with van der Waals surface area (Å²) in [5.74, 6) is 2.71. The van der Waals surface area contributed by atoms with Gasteiger partial charge in [0.2, 0.25) is 5.88 Å². The van der Waals surface area contributed by atoms with E-state index in [1.54, 1.807) is 0 Å². The molecule has 0 aromatic carbocycles.